The van der Waals surface area contributed by atoms with Crippen molar-refractivity contribution < 1.29 is 0 Å². The standard InChI is InChI=1S/C48H33NS/c1-4-11-34(12-5-1)36-19-25-43(26-20-36)49(42-17-8-3-9-18-42)44-27-21-37(22-28-44)38-15-10-16-39(31-38)41-24-30-48-46(33-41)45-32-40(23-29-47(45)50-48)35-13-6-2-7-14-35/h1-33H. The second kappa shape index (κ2) is 13.0. The summed E-state index contributed by atoms with van der Waals surface area (Å²) in [7, 11) is 0. The first-order chi connectivity index (χ1) is 24.8. The van der Waals surface area contributed by atoms with Gasteiger partial charge in [0.2, 0.25) is 0 Å². The van der Waals surface area contributed by atoms with Gasteiger partial charge in [0, 0.05) is 37.2 Å². The highest BCUT2D eigenvalue weighted by Crippen LogP contribution is 2.40. The fraction of sp³-hybridized carbons (Fsp3) is 0. The molecule has 0 aliphatic heterocycles. The Kier molecular flexibility index (Phi) is 7.77. The number of thiophene rings is 1. The molecule has 236 valence electrons. The summed E-state index contributed by atoms with van der Waals surface area (Å²) in [6.45, 7) is 0. The van der Waals surface area contributed by atoms with Crippen LogP contribution in [0.15, 0.2) is 200 Å². The zero-order valence-corrected chi connectivity index (χ0v) is 28.2. The Morgan fingerprint density at radius 2 is 0.600 bits per heavy atom. The van der Waals surface area contributed by atoms with Gasteiger partial charge < -0.3 is 4.90 Å². The second-order valence-electron chi connectivity index (χ2n) is 12.6. The molecule has 1 nitrogen and oxygen atoms in total. The summed E-state index contributed by atoms with van der Waals surface area (Å²) in [5, 5.41) is 2.63. The van der Waals surface area contributed by atoms with Gasteiger partial charge in [0.15, 0.2) is 0 Å². The summed E-state index contributed by atoms with van der Waals surface area (Å²) in [6.07, 6.45) is 0. The lowest BCUT2D eigenvalue weighted by Gasteiger charge is -2.26. The van der Waals surface area contributed by atoms with Crippen molar-refractivity contribution in [3.8, 4) is 44.5 Å². The molecule has 0 radical (unpaired) electrons. The highest BCUT2D eigenvalue weighted by molar-refractivity contribution is 7.25. The third-order valence-electron chi connectivity index (χ3n) is 9.48. The first-order valence-electron chi connectivity index (χ1n) is 17.0. The van der Waals surface area contributed by atoms with Crippen molar-refractivity contribution >= 4 is 48.6 Å². The van der Waals surface area contributed by atoms with Gasteiger partial charge in [-0.2, -0.15) is 0 Å². The van der Waals surface area contributed by atoms with E-state index < -0.39 is 0 Å². The van der Waals surface area contributed by atoms with E-state index in [-0.39, 0.29) is 0 Å². The number of para-hydroxylation sites is 1. The van der Waals surface area contributed by atoms with Crippen LogP contribution in [0.2, 0.25) is 0 Å². The fourth-order valence-electron chi connectivity index (χ4n) is 6.91. The van der Waals surface area contributed by atoms with Crippen LogP contribution in [0.5, 0.6) is 0 Å². The van der Waals surface area contributed by atoms with Gasteiger partial charge in [0.1, 0.15) is 0 Å². The minimum Gasteiger partial charge on any atom is -0.311 e. The van der Waals surface area contributed by atoms with Crippen LogP contribution in [0.1, 0.15) is 0 Å². The largest absolute Gasteiger partial charge is 0.311 e. The summed E-state index contributed by atoms with van der Waals surface area (Å²) in [4.78, 5) is 2.32. The highest BCUT2D eigenvalue weighted by Gasteiger charge is 2.14. The van der Waals surface area contributed by atoms with Gasteiger partial charge in [-0.25, -0.2) is 0 Å². The Hall–Kier alpha value is -6.22. The normalized spacial score (nSPS) is 11.2. The molecule has 9 rings (SSSR count). The van der Waals surface area contributed by atoms with Crippen LogP contribution in [0.4, 0.5) is 17.1 Å². The Morgan fingerprint density at radius 1 is 0.260 bits per heavy atom. The smallest absolute Gasteiger partial charge is 0.0462 e. The molecule has 2 heteroatoms. The van der Waals surface area contributed by atoms with E-state index in [4.69, 9.17) is 0 Å². The Labute approximate surface area is 297 Å². The fourth-order valence-corrected chi connectivity index (χ4v) is 7.97. The van der Waals surface area contributed by atoms with E-state index in [2.05, 4.69) is 205 Å². The SMILES string of the molecule is c1ccc(-c2ccc(N(c3ccccc3)c3ccc(-c4cccc(-c5ccc6sc7ccc(-c8ccccc8)cc7c6c5)c4)cc3)cc2)cc1. The van der Waals surface area contributed by atoms with E-state index in [1.165, 1.54) is 64.7 Å². The Balaban J connectivity index is 1.04. The number of hydrogen-bond donors (Lipinski definition) is 0. The van der Waals surface area contributed by atoms with Crippen LogP contribution >= 0.6 is 11.3 Å². The Morgan fingerprint density at radius 3 is 1.14 bits per heavy atom. The van der Waals surface area contributed by atoms with Crippen LogP contribution in [0, 0.1) is 0 Å². The van der Waals surface area contributed by atoms with Crippen LogP contribution in [-0.2, 0) is 0 Å². The van der Waals surface area contributed by atoms with Crippen LogP contribution in [0.3, 0.4) is 0 Å². The molecule has 1 aromatic heterocycles. The monoisotopic (exact) mass is 655 g/mol. The molecular formula is C48H33NS. The molecule has 0 N–H and O–H groups in total. The third kappa shape index (κ3) is 5.77. The predicted octanol–water partition coefficient (Wildman–Crippen LogP) is 14.2. The van der Waals surface area contributed by atoms with Crippen molar-refractivity contribution in [1.29, 1.82) is 0 Å². The lowest BCUT2D eigenvalue weighted by molar-refractivity contribution is 1.28. The molecule has 50 heavy (non-hydrogen) atoms. The van der Waals surface area contributed by atoms with Crippen molar-refractivity contribution in [2.45, 2.75) is 0 Å². The third-order valence-corrected chi connectivity index (χ3v) is 10.6. The van der Waals surface area contributed by atoms with Gasteiger partial charge in [-0.1, -0.05) is 133 Å². The number of hydrogen-bond acceptors (Lipinski definition) is 2. The molecule has 0 atom stereocenters. The first-order valence-corrected chi connectivity index (χ1v) is 17.8. The van der Waals surface area contributed by atoms with Gasteiger partial charge in [-0.15, -0.1) is 11.3 Å². The molecule has 0 amide bonds. The summed E-state index contributed by atoms with van der Waals surface area (Å²) in [5.41, 5.74) is 13.1. The zero-order chi connectivity index (χ0) is 33.3. The average molecular weight is 656 g/mol. The lowest BCUT2D eigenvalue weighted by Crippen LogP contribution is -2.09. The number of anilines is 3. The summed E-state index contributed by atoms with van der Waals surface area (Å²) in [6, 6.07) is 72.2. The summed E-state index contributed by atoms with van der Waals surface area (Å²) < 4.78 is 2.64. The van der Waals surface area contributed by atoms with Gasteiger partial charge in [0.25, 0.3) is 0 Å². The molecule has 0 saturated heterocycles. The van der Waals surface area contributed by atoms with Crippen molar-refractivity contribution in [2.24, 2.45) is 0 Å². The van der Waals surface area contributed by atoms with Gasteiger partial charge in [-0.05, 0) is 111 Å². The van der Waals surface area contributed by atoms with Gasteiger partial charge >= 0.3 is 0 Å². The molecule has 9 aromatic rings. The van der Waals surface area contributed by atoms with Crippen molar-refractivity contribution in [1.82, 2.24) is 0 Å². The maximum absolute atomic E-state index is 2.37. The maximum atomic E-state index is 2.37. The molecule has 0 aliphatic carbocycles. The van der Waals surface area contributed by atoms with Crippen LogP contribution in [-0.4, -0.2) is 0 Å². The van der Waals surface area contributed by atoms with E-state index in [1.807, 2.05) is 11.3 Å². The number of fused-ring (bicyclic) bond motifs is 3. The second-order valence-corrected chi connectivity index (χ2v) is 13.7. The van der Waals surface area contributed by atoms with Crippen molar-refractivity contribution in [3.05, 3.63) is 200 Å². The zero-order valence-electron chi connectivity index (χ0n) is 27.4. The lowest BCUT2D eigenvalue weighted by atomic mass is 9.97. The molecule has 0 saturated carbocycles. The van der Waals surface area contributed by atoms with Crippen LogP contribution in [0.25, 0.3) is 64.7 Å². The summed E-state index contributed by atoms with van der Waals surface area (Å²) in [5.74, 6) is 0. The van der Waals surface area contributed by atoms with Crippen molar-refractivity contribution in [2.75, 3.05) is 4.90 Å². The molecule has 0 fully saturated rings. The van der Waals surface area contributed by atoms with Crippen LogP contribution < -0.4 is 4.90 Å². The molecule has 0 spiro atoms. The summed E-state index contributed by atoms with van der Waals surface area (Å²) >= 11 is 1.87. The van der Waals surface area contributed by atoms with E-state index >= 15 is 0 Å². The van der Waals surface area contributed by atoms with E-state index in [9.17, 15) is 0 Å². The molecule has 0 aliphatic rings. The molecule has 0 unspecified atom stereocenters. The van der Waals surface area contributed by atoms with Gasteiger partial charge in [-0.3, -0.25) is 0 Å². The quantitative estimate of drug-likeness (QED) is 0.165. The molecule has 8 aromatic carbocycles. The molecule has 1 heterocycles. The van der Waals surface area contributed by atoms with E-state index in [0.29, 0.717) is 0 Å². The number of nitrogens with zero attached hydrogens (tertiary/aromatic N) is 1. The maximum Gasteiger partial charge on any atom is 0.0462 e. The van der Waals surface area contributed by atoms with E-state index in [1.54, 1.807) is 0 Å². The predicted molar refractivity (Wildman–Crippen MR) is 216 cm³/mol. The average Bonchev–Trinajstić information content (AvgIpc) is 3.57. The number of benzene rings is 8. The highest BCUT2D eigenvalue weighted by atomic mass is 32.1. The first kappa shape index (κ1) is 29.9. The van der Waals surface area contributed by atoms with Gasteiger partial charge in [0.05, 0.1) is 0 Å². The number of rotatable bonds is 7. The van der Waals surface area contributed by atoms with Crippen molar-refractivity contribution in [3.63, 3.8) is 0 Å². The topological polar surface area (TPSA) is 3.24 Å². The minimum atomic E-state index is 1.12. The minimum absolute atomic E-state index is 1.12. The Bertz CT molecular complexity index is 2550. The molecule has 0 bridgehead atoms. The molecular weight excluding hydrogens is 623 g/mol. The van der Waals surface area contributed by atoms with E-state index in [0.717, 1.165) is 17.1 Å².